The van der Waals surface area contributed by atoms with Gasteiger partial charge in [0.25, 0.3) is 0 Å². The molecule has 3 rings (SSSR count). The monoisotopic (exact) mass is 470 g/mol. The molecule has 0 radical (unpaired) electrons. The molecule has 6 nitrogen and oxygen atoms in total. The molecule has 1 N–H and O–H groups in total. The Morgan fingerprint density at radius 3 is 2.44 bits per heavy atom. The Morgan fingerprint density at radius 1 is 1.09 bits per heavy atom. The predicted octanol–water partition coefficient (Wildman–Crippen LogP) is 1.82. The van der Waals surface area contributed by atoms with E-state index in [0.29, 0.717) is 24.2 Å². The minimum absolute atomic E-state index is 0. The van der Waals surface area contributed by atoms with Gasteiger partial charge in [0, 0.05) is 6.42 Å². The van der Waals surface area contributed by atoms with Crippen molar-refractivity contribution < 1.29 is 58.8 Å². The number of carboxylic acids is 1. The minimum Gasteiger partial charge on any atom is -0.545 e. The van der Waals surface area contributed by atoms with Gasteiger partial charge in [-0.1, -0.05) is 43.7 Å². The van der Waals surface area contributed by atoms with E-state index in [1.54, 1.807) is 48.5 Å². The molecule has 3 aromatic carbocycles. The zero-order valence-electron chi connectivity index (χ0n) is 19.8. The summed E-state index contributed by atoms with van der Waals surface area (Å²) in [6.45, 7) is 7.11. The van der Waals surface area contributed by atoms with Crippen molar-refractivity contribution in [1.82, 2.24) is 0 Å². The molecule has 0 aliphatic heterocycles. The normalized spacial score (nSPS) is 11.4. The maximum absolute atomic E-state index is 12.3. The van der Waals surface area contributed by atoms with Gasteiger partial charge in [0.1, 0.15) is 22.8 Å². The molecule has 0 bridgehead atoms. The third-order valence-corrected chi connectivity index (χ3v) is 5.31. The molecule has 172 valence electrons. The van der Waals surface area contributed by atoms with E-state index in [-0.39, 0.29) is 58.0 Å². The molecule has 0 aromatic heterocycles. The van der Waals surface area contributed by atoms with Gasteiger partial charge in [0.15, 0.2) is 5.78 Å². The summed E-state index contributed by atoms with van der Waals surface area (Å²) >= 11 is 0. The summed E-state index contributed by atoms with van der Waals surface area (Å²) in [6, 6.07) is 13.4. The number of hydrogen-bond acceptors (Lipinski definition) is 6. The van der Waals surface area contributed by atoms with Crippen LogP contribution < -0.4 is 44.1 Å². The first kappa shape index (κ1) is 27.4. The summed E-state index contributed by atoms with van der Waals surface area (Å²) < 4.78 is 12.2. The SMILES string of the molecule is C=CCc1ccc(OC(CCCC)Oc2ccc3cc(C(=O)[O-])ccc3c2)c(C(C)=O)c1O.[Na+]. The summed E-state index contributed by atoms with van der Waals surface area (Å²) in [6.07, 6.45) is 3.73. The summed E-state index contributed by atoms with van der Waals surface area (Å²) in [5.74, 6) is -0.843. The second-order valence-electron chi connectivity index (χ2n) is 7.81. The van der Waals surface area contributed by atoms with Crippen molar-refractivity contribution in [1.29, 1.82) is 0 Å². The van der Waals surface area contributed by atoms with Crippen molar-refractivity contribution in [3.63, 3.8) is 0 Å². The number of aromatic carboxylic acids is 1. The first-order valence-electron chi connectivity index (χ1n) is 10.9. The fourth-order valence-electron chi connectivity index (χ4n) is 3.60. The summed E-state index contributed by atoms with van der Waals surface area (Å²) in [5.41, 5.74) is 0.823. The van der Waals surface area contributed by atoms with Gasteiger partial charge in [-0.25, -0.2) is 0 Å². The molecular weight excluding hydrogens is 443 g/mol. The van der Waals surface area contributed by atoms with Crippen LogP contribution in [0.25, 0.3) is 10.8 Å². The maximum atomic E-state index is 12.3. The number of ether oxygens (including phenoxy) is 2. The maximum Gasteiger partial charge on any atom is 1.00 e. The van der Waals surface area contributed by atoms with Crippen LogP contribution in [0.1, 0.15) is 59.4 Å². The van der Waals surface area contributed by atoms with E-state index in [1.807, 2.05) is 0 Å². The third kappa shape index (κ3) is 6.63. The number of carbonyl (C=O) groups is 2. The molecule has 0 fully saturated rings. The zero-order chi connectivity index (χ0) is 24.0. The number of ketones is 1. The van der Waals surface area contributed by atoms with Gasteiger partial charge in [-0.05, 0) is 65.9 Å². The average molecular weight is 470 g/mol. The van der Waals surface area contributed by atoms with Crippen LogP contribution >= 0.6 is 0 Å². The number of carbonyl (C=O) groups excluding carboxylic acids is 2. The average Bonchev–Trinajstić information content (AvgIpc) is 2.78. The smallest absolute Gasteiger partial charge is 0.545 e. The van der Waals surface area contributed by atoms with E-state index >= 15 is 0 Å². The molecule has 0 saturated carbocycles. The van der Waals surface area contributed by atoms with Crippen molar-refractivity contribution in [2.75, 3.05) is 0 Å². The molecule has 0 aliphatic carbocycles. The number of hydrogen-bond donors (Lipinski definition) is 1. The van der Waals surface area contributed by atoms with Crippen molar-refractivity contribution in [2.24, 2.45) is 0 Å². The number of phenols is 1. The Morgan fingerprint density at radius 2 is 1.79 bits per heavy atom. The quantitative estimate of drug-likeness (QED) is 0.199. The standard InChI is InChI=1S/C27H28O6.Na/c1-4-6-8-24(33-23-14-12-18(7-5-2)26(29)25(23)17(3)28)32-22-13-11-19-15-21(27(30)31)10-9-20(19)16-22;/h5,9-16,24,29H,2,4,6-8H2,1,3H3,(H,30,31);/q;+1/p-1. The second kappa shape index (κ2) is 12.6. The fraction of sp³-hybridized carbons (Fsp3) is 0.259. The van der Waals surface area contributed by atoms with Crippen molar-refractivity contribution >= 4 is 22.5 Å². The van der Waals surface area contributed by atoms with E-state index in [1.165, 1.54) is 13.0 Å². The Balaban J connectivity index is 0.00000408. The summed E-state index contributed by atoms with van der Waals surface area (Å²) in [7, 11) is 0. The van der Waals surface area contributed by atoms with Crippen LogP contribution in [-0.2, 0) is 6.42 Å². The molecule has 7 heteroatoms. The van der Waals surface area contributed by atoms with Gasteiger partial charge in [0.2, 0.25) is 6.29 Å². The van der Waals surface area contributed by atoms with Crippen LogP contribution in [0.4, 0.5) is 0 Å². The van der Waals surface area contributed by atoms with Crippen LogP contribution in [0.3, 0.4) is 0 Å². The van der Waals surface area contributed by atoms with E-state index in [0.717, 1.165) is 23.6 Å². The number of carboxylic acid groups (broad SMARTS) is 1. The molecule has 0 heterocycles. The first-order valence-corrected chi connectivity index (χ1v) is 10.9. The van der Waals surface area contributed by atoms with Gasteiger partial charge in [-0.15, -0.1) is 6.58 Å². The number of Topliss-reactive ketones (excluding diaryl/α,β-unsaturated/α-hetero) is 1. The molecule has 0 aliphatic rings. The number of fused-ring (bicyclic) bond motifs is 1. The topological polar surface area (TPSA) is 95.9 Å². The number of benzene rings is 3. The van der Waals surface area contributed by atoms with E-state index in [9.17, 15) is 19.8 Å². The van der Waals surface area contributed by atoms with Gasteiger partial charge in [0.05, 0.1) is 5.97 Å². The van der Waals surface area contributed by atoms with E-state index in [4.69, 9.17) is 9.47 Å². The number of phenolic OH excluding ortho intramolecular Hbond substituents is 1. The van der Waals surface area contributed by atoms with Gasteiger partial charge < -0.3 is 24.5 Å². The van der Waals surface area contributed by atoms with Crippen LogP contribution in [0.5, 0.6) is 17.2 Å². The van der Waals surface area contributed by atoms with Gasteiger partial charge >= 0.3 is 29.6 Å². The van der Waals surface area contributed by atoms with Crippen molar-refractivity contribution in [2.45, 2.75) is 45.8 Å². The fourth-order valence-corrected chi connectivity index (χ4v) is 3.60. The molecule has 1 unspecified atom stereocenters. The van der Waals surface area contributed by atoms with Crippen molar-refractivity contribution in [3.8, 4) is 17.2 Å². The molecular formula is C27H27NaO6. The van der Waals surface area contributed by atoms with Crippen molar-refractivity contribution in [3.05, 3.63) is 77.9 Å². The second-order valence-corrected chi connectivity index (χ2v) is 7.81. The van der Waals surface area contributed by atoms with Gasteiger partial charge in [-0.2, -0.15) is 0 Å². The largest absolute Gasteiger partial charge is 1.00 e. The Labute approximate surface area is 221 Å². The number of aromatic hydroxyl groups is 1. The van der Waals surface area contributed by atoms with Gasteiger partial charge in [-0.3, -0.25) is 4.79 Å². The summed E-state index contributed by atoms with van der Waals surface area (Å²) in [4.78, 5) is 23.4. The van der Waals surface area contributed by atoms with Crippen LogP contribution in [0.15, 0.2) is 61.2 Å². The van der Waals surface area contributed by atoms with Crippen LogP contribution in [0, 0.1) is 0 Å². The molecule has 0 saturated heterocycles. The Hall–Kier alpha value is -2.80. The molecule has 0 spiro atoms. The first-order chi connectivity index (χ1) is 15.8. The van der Waals surface area contributed by atoms with Crippen LogP contribution in [-0.4, -0.2) is 23.1 Å². The molecule has 1 atom stereocenters. The zero-order valence-corrected chi connectivity index (χ0v) is 21.8. The van der Waals surface area contributed by atoms with E-state index in [2.05, 4.69) is 13.5 Å². The third-order valence-electron chi connectivity index (χ3n) is 5.31. The summed E-state index contributed by atoms with van der Waals surface area (Å²) in [5, 5.41) is 23.2. The predicted molar refractivity (Wildman–Crippen MR) is 125 cm³/mol. The minimum atomic E-state index is -1.23. The molecule has 0 amide bonds. The number of unbranched alkanes of at least 4 members (excludes halogenated alkanes) is 1. The number of allylic oxidation sites excluding steroid dienone is 1. The molecule has 3 aromatic rings. The van der Waals surface area contributed by atoms with E-state index < -0.39 is 12.3 Å². The molecule has 34 heavy (non-hydrogen) atoms. The Kier molecular flexibility index (Phi) is 10.2. The number of rotatable bonds is 11. The Bertz CT molecular complexity index is 1190. The van der Waals surface area contributed by atoms with Crippen LogP contribution in [0.2, 0.25) is 0 Å².